The quantitative estimate of drug-likeness (QED) is 0.893. The molecule has 0 bridgehead atoms. The molecule has 2 saturated carbocycles. The van der Waals surface area contributed by atoms with E-state index in [9.17, 15) is 9.59 Å². The van der Waals surface area contributed by atoms with Crippen LogP contribution in [-0.4, -0.2) is 35.8 Å². The normalized spacial score (nSPS) is 19.4. The first-order valence-corrected chi connectivity index (χ1v) is 9.85. The first kappa shape index (κ1) is 18.0. The Morgan fingerprint density at radius 1 is 0.800 bits per heavy atom. The fourth-order valence-electron chi connectivity index (χ4n) is 4.41. The van der Waals surface area contributed by atoms with Crippen molar-refractivity contribution in [2.45, 2.75) is 76.3 Å². The lowest BCUT2D eigenvalue weighted by molar-refractivity contribution is 0.0448. The third kappa shape index (κ3) is 4.23. The summed E-state index contributed by atoms with van der Waals surface area (Å²) < 4.78 is 0. The van der Waals surface area contributed by atoms with E-state index in [-0.39, 0.29) is 11.8 Å². The second-order valence-corrected chi connectivity index (χ2v) is 7.45. The number of hydrogen-bond acceptors (Lipinski definition) is 2. The van der Waals surface area contributed by atoms with Gasteiger partial charge in [-0.05, 0) is 49.9 Å². The topological polar surface area (TPSA) is 49.4 Å². The standard InChI is InChI=1S/C21H30N2O2/c1-22-20(24)16-12-14-17(15-13-16)21(25)23(18-8-4-2-5-9-18)19-10-6-3-7-11-19/h12-15,18-19H,2-11H2,1H3,(H,22,24). The Balaban J connectivity index is 1.81. The van der Waals surface area contributed by atoms with Gasteiger partial charge in [0.15, 0.2) is 0 Å². The molecule has 25 heavy (non-hydrogen) atoms. The van der Waals surface area contributed by atoms with Gasteiger partial charge in [-0.2, -0.15) is 0 Å². The highest BCUT2D eigenvalue weighted by Gasteiger charge is 2.32. The van der Waals surface area contributed by atoms with E-state index in [1.807, 2.05) is 12.1 Å². The highest BCUT2D eigenvalue weighted by atomic mass is 16.2. The molecule has 0 saturated heterocycles. The van der Waals surface area contributed by atoms with Crippen molar-refractivity contribution in [2.24, 2.45) is 0 Å². The summed E-state index contributed by atoms with van der Waals surface area (Å²) in [5, 5.41) is 2.62. The lowest BCUT2D eigenvalue weighted by Crippen LogP contribution is -2.48. The largest absolute Gasteiger partial charge is 0.355 e. The predicted octanol–water partition coefficient (Wildman–Crippen LogP) is 4.15. The van der Waals surface area contributed by atoms with Gasteiger partial charge in [-0.3, -0.25) is 9.59 Å². The molecule has 2 fully saturated rings. The maximum absolute atomic E-state index is 13.3. The Labute approximate surface area is 151 Å². The highest BCUT2D eigenvalue weighted by Crippen LogP contribution is 2.31. The Bertz CT molecular complexity index is 566. The number of nitrogens with one attached hydrogen (secondary N) is 1. The Hall–Kier alpha value is -1.84. The molecule has 1 aromatic rings. The number of hydrogen-bond donors (Lipinski definition) is 1. The molecule has 4 nitrogen and oxygen atoms in total. The van der Waals surface area contributed by atoms with Gasteiger partial charge in [0.1, 0.15) is 0 Å². The molecule has 2 aliphatic rings. The van der Waals surface area contributed by atoms with Crippen molar-refractivity contribution in [3.05, 3.63) is 35.4 Å². The monoisotopic (exact) mass is 342 g/mol. The molecule has 2 aliphatic carbocycles. The fourth-order valence-corrected chi connectivity index (χ4v) is 4.41. The summed E-state index contributed by atoms with van der Waals surface area (Å²) in [6, 6.07) is 7.92. The van der Waals surface area contributed by atoms with Crippen LogP contribution in [0.2, 0.25) is 0 Å². The summed E-state index contributed by atoms with van der Waals surface area (Å²) in [6.07, 6.45) is 12.1. The van der Waals surface area contributed by atoms with Gasteiger partial charge in [0.05, 0.1) is 0 Å². The maximum atomic E-state index is 13.3. The molecule has 0 unspecified atom stereocenters. The van der Waals surface area contributed by atoms with Gasteiger partial charge in [-0.25, -0.2) is 0 Å². The molecular formula is C21H30N2O2. The second-order valence-electron chi connectivity index (χ2n) is 7.45. The van der Waals surface area contributed by atoms with Crippen LogP contribution in [0.1, 0.15) is 84.9 Å². The van der Waals surface area contributed by atoms with Crippen molar-refractivity contribution in [1.82, 2.24) is 10.2 Å². The summed E-state index contributed by atoms with van der Waals surface area (Å²) in [7, 11) is 1.62. The lowest BCUT2D eigenvalue weighted by atomic mass is 9.88. The van der Waals surface area contributed by atoms with E-state index in [0.717, 1.165) is 25.7 Å². The molecule has 1 aromatic carbocycles. The molecule has 0 radical (unpaired) electrons. The second kappa shape index (κ2) is 8.50. The van der Waals surface area contributed by atoms with E-state index >= 15 is 0 Å². The van der Waals surface area contributed by atoms with Crippen LogP contribution in [-0.2, 0) is 0 Å². The summed E-state index contributed by atoms with van der Waals surface area (Å²) >= 11 is 0. The Morgan fingerprint density at radius 2 is 1.24 bits per heavy atom. The molecule has 2 amide bonds. The van der Waals surface area contributed by atoms with Crippen LogP contribution in [0.25, 0.3) is 0 Å². The van der Waals surface area contributed by atoms with Crippen molar-refractivity contribution in [3.8, 4) is 0 Å². The minimum atomic E-state index is -0.115. The average Bonchev–Trinajstić information content (AvgIpc) is 2.69. The third-order valence-electron chi connectivity index (χ3n) is 5.79. The van der Waals surface area contributed by atoms with E-state index in [0.29, 0.717) is 23.2 Å². The fraction of sp³-hybridized carbons (Fsp3) is 0.619. The minimum Gasteiger partial charge on any atom is -0.355 e. The highest BCUT2D eigenvalue weighted by molar-refractivity contribution is 5.98. The zero-order valence-corrected chi connectivity index (χ0v) is 15.3. The molecule has 136 valence electrons. The molecule has 4 heteroatoms. The van der Waals surface area contributed by atoms with Crippen molar-refractivity contribution in [1.29, 1.82) is 0 Å². The molecule has 0 atom stereocenters. The van der Waals surface area contributed by atoms with Gasteiger partial charge in [-0.15, -0.1) is 0 Å². The number of rotatable bonds is 4. The summed E-state index contributed by atoms with van der Waals surface area (Å²) in [6.45, 7) is 0. The maximum Gasteiger partial charge on any atom is 0.254 e. The predicted molar refractivity (Wildman–Crippen MR) is 99.7 cm³/mol. The van der Waals surface area contributed by atoms with E-state index < -0.39 is 0 Å². The molecule has 1 N–H and O–H groups in total. The van der Waals surface area contributed by atoms with Gasteiger partial charge in [-0.1, -0.05) is 38.5 Å². The van der Waals surface area contributed by atoms with Crippen LogP contribution in [0, 0.1) is 0 Å². The number of carbonyl (C=O) groups excluding carboxylic acids is 2. The first-order valence-electron chi connectivity index (χ1n) is 9.85. The van der Waals surface area contributed by atoms with Gasteiger partial charge in [0.2, 0.25) is 0 Å². The molecular weight excluding hydrogens is 312 g/mol. The smallest absolute Gasteiger partial charge is 0.254 e. The molecule has 0 aromatic heterocycles. The van der Waals surface area contributed by atoms with Gasteiger partial charge >= 0.3 is 0 Å². The number of amides is 2. The zero-order chi connectivity index (χ0) is 17.6. The summed E-state index contributed by atoms with van der Waals surface area (Å²) in [5.74, 6) is 0.0395. The summed E-state index contributed by atoms with van der Waals surface area (Å²) in [5.41, 5.74) is 1.31. The first-order chi connectivity index (χ1) is 12.2. The molecule has 3 rings (SSSR count). The van der Waals surface area contributed by atoms with Gasteiger partial charge in [0.25, 0.3) is 11.8 Å². The average molecular weight is 342 g/mol. The SMILES string of the molecule is CNC(=O)c1ccc(C(=O)N(C2CCCCC2)C2CCCCC2)cc1. The van der Waals surface area contributed by atoms with Crippen LogP contribution < -0.4 is 5.32 Å². The van der Waals surface area contributed by atoms with Crippen LogP contribution in [0.5, 0.6) is 0 Å². The minimum absolute atomic E-state index is 0.115. The van der Waals surface area contributed by atoms with E-state index in [1.165, 1.54) is 38.5 Å². The summed E-state index contributed by atoms with van der Waals surface area (Å²) in [4.78, 5) is 27.3. The van der Waals surface area contributed by atoms with E-state index in [2.05, 4.69) is 10.2 Å². The zero-order valence-electron chi connectivity index (χ0n) is 15.3. The molecule has 0 heterocycles. The third-order valence-corrected chi connectivity index (χ3v) is 5.79. The van der Waals surface area contributed by atoms with Crippen LogP contribution in [0.3, 0.4) is 0 Å². The van der Waals surface area contributed by atoms with Crippen molar-refractivity contribution >= 4 is 11.8 Å². The molecule has 0 aliphatic heterocycles. The lowest BCUT2D eigenvalue weighted by Gasteiger charge is -2.42. The van der Waals surface area contributed by atoms with Gasteiger partial charge in [0, 0.05) is 30.3 Å². The number of nitrogens with zero attached hydrogens (tertiary/aromatic N) is 1. The number of benzene rings is 1. The van der Waals surface area contributed by atoms with Crippen LogP contribution in [0.4, 0.5) is 0 Å². The van der Waals surface area contributed by atoms with Crippen molar-refractivity contribution < 1.29 is 9.59 Å². The van der Waals surface area contributed by atoms with Crippen molar-refractivity contribution in [2.75, 3.05) is 7.05 Å². The Kier molecular flexibility index (Phi) is 6.11. The van der Waals surface area contributed by atoms with E-state index in [4.69, 9.17) is 0 Å². The number of carbonyl (C=O) groups is 2. The van der Waals surface area contributed by atoms with Gasteiger partial charge < -0.3 is 10.2 Å². The van der Waals surface area contributed by atoms with Crippen molar-refractivity contribution in [3.63, 3.8) is 0 Å². The van der Waals surface area contributed by atoms with Crippen LogP contribution in [0.15, 0.2) is 24.3 Å². The van der Waals surface area contributed by atoms with E-state index in [1.54, 1.807) is 19.2 Å². The Morgan fingerprint density at radius 3 is 1.68 bits per heavy atom. The molecule has 0 spiro atoms. The van der Waals surface area contributed by atoms with Crippen LogP contribution >= 0.6 is 0 Å².